The molecular formula is C25H38O3. The Bertz CT molecular complexity index is 688. The highest BCUT2D eigenvalue weighted by Crippen LogP contribution is 2.62. The molecule has 0 saturated heterocycles. The van der Waals surface area contributed by atoms with Gasteiger partial charge in [0.25, 0.3) is 0 Å². The Hall–Kier alpha value is -1.35. The maximum Gasteiger partial charge on any atom is 0.331 e. The summed E-state index contributed by atoms with van der Waals surface area (Å²) in [5, 5.41) is 9.38. The fourth-order valence-electron chi connectivity index (χ4n) is 6.11. The molecule has 0 unspecified atom stereocenters. The highest BCUT2D eigenvalue weighted by Gasteiger charge is 2.53. The van der Waals surface area contributed by atoms with Crippen LogP contribution < -0.4 is 0 Å². The zero-order valence-electron chi connectivity index (χ0n) is 18.2. The van der Waals surface area contributed by atoms with Crippen LogP contribution >= 0.6 is 0 Å². The van der Waals surface area contributed by atoms with Crippen LogP contribution in [-0.4, -0.2) is 23.8 Å². The molecule has 0 aromatic rings. The molecule has 0 aromatic carbocycles. The standard InChI is InChI=1S/C25H38O3/c1-17(9-10-21-20(16-26)15-23(27)28-21)11-13-24(4)19(3)12-14-25(5)18(2)7-6-8-22(24)25/h9,15,19,21-22,26H,2,6-8,10-14,16H2,1,3-5H3/b17-9+/t19-,21+,22-,24+,25+/m0/s1. The van der Waals surface area contributed by atoms with E-state index in [1.807, 2.05) is 0 Å². The van der Waals surface area contributed by atoms with E-state index in [2.05, 4.69) is 40.3 Å². The van der Waals surface area contributed by atoms with Gasteiger partial charge in [-0.2, -0.15) is 0 Å². The van der Waals surface area contributed by atoms with Crippen LogP contribution in [0.5, 0.6) is 0 Å². The Morgan fingerprint density at radius 2 is 2.14 bits per heavy atom. The summed E-state index contributed by atoms with van der Waals surface area (Å²) < 4.78 is 5.30. The summed E-state index contributed by atoms with van der Waals surface area (Å²) in [5.41, 5.74) is 4.20. The summed E-state index contributed by atoms with van der Waals surface area (Å²) >= 11 is 0. The second kappa shape index (κ2) is 8.18. The second-order valence-corrected chi connectivity index (χ2v) is 10.0. The molecule has 5 atom stereocenters. The van der Waals surface area contributed by atoms with E-state index in [0.717, 1.165) is 18.3 Å². The lowest BCUT2D eigenvalue weighted by atomic mass is 9.46. The third-order valence-corrected chi connectivity index (χ3v) is 8.46. The number of aliphatic hydroxyl groups is 1. The van der Waals surface area contributed by atoms with E-state index >= 15 is 0 Å². The van der Waals surface area contributed by atoms with Crippen LogP contribution in [0.15, 0.2) is 35.5 Å². The quantitative estimate of drug-likeness (QED) is 0.467. The van der Waals surface area contributed by atoms with Crippen LogP contribution in [0.25, 0.3) is 0 Å². The van der Waals surface area contributed by atoms with Crippen molar-refractivity contribution in [2.45, 2.75) is 85.2 Å². The molecule has 1 heterocycles. The third kappa shape index (κ3) is 3.87. The topological polar surface area (TPSA) is 46.5 Å². The molecule has 0 aromatic heterocycles. The van der Waals surface area contributed by atoms with Crippen molar-refractivity contribution in [3.8, 4) is 0 Å². The van der Waals surface area contributed by atoms with E-state index in [1.54, 1.807) is 0 Å². The van der Waals surface area contributed by atoms with Crippen molar-refractivity contribution >= 4 is 5.97 Å². The first kappa shape index (κ1) is 21.4. The zero-order chi connectivity index (χ0) is 20.5. The Morgan fingerprint density at radius 3 is 2.86 bits per heavy atom. The molecule has 2 fully saturated rings. The number of fused-ring (bicyclic) bond motifs is 1. The van der Waals surface area contributed by atoms with Crippen molar-refractivity contribution in [1.29, 1.82) is 0 Å². The number of aliphatic hydroxyl groups excluding tert-OH is 1. The number of cyclic esters (lactones) is 1. The minimum atomic E-state index is -0.333. The zero-order valence-corrected chi connectivity index (χ0v) is 18.2. The smallest absolute Gasteiger partial charge is 0.331 e. The number of esters is 1. The van der Waals surface area contributed by atoms with Crippen LogP contribution in [-0.2, 0) is 9.53 Å². The maximum atomic E-state index is 11.4. The summed E-state index contributed by atoms with van der Waals surface area (Å²) in [6.45, 7) is 14.0. The SMILES string of the molecule is C=C1CCC[C@H]2[C@](C)(CC/C(C)=C/C[C@H]3OC(=O)C=C3CO)[C@@H](C)CC[C@]12C. The predicted molar refractivity (Wildman–Crippen MR) is 114 cm³/mol. The number of ether oxygens (including phenoxy) is 1. The van der Waals surface area contributed by atoms with E-state index in [9.17, 15) is 9.90 Å². The van der Waals surface area contributed by atoms with Gasteiger partial charge in [0.05, 0.1) is 6.61 Å². The highest BCUT2D eigenvalue weighted by molar-refractivity contribution is 5.85. The fraction of sp³-hybridized carbons (Fsp3) is 0.720. The van der Waals surface area contributed by atoms with Gasteiger partial charge >= 0.3 is 5.97 Å². The van der Waals surface area contributed by atoms with Gasteiger partial charge in [0.1, 0.15) is 6.10 Å². The van der Waals surface area contributed by atoms with Crippen LogP contribution in [0.2, 0.25) is 0 Å². The van der Waals surface area contributed by atoms with Gasteiger partial charge < -0.3 is 9.84 Å². The minimum absolute atomic E-state index is 0.108. The van der Waals surface area contributed by atoms with Crippen molar-refractivity contribution in [2.75, 3.05) is 6.61 Å². The molecular weight excluding hydrogens is 348 g/mol. The largest absolute Gasteiger partial charge is 0.454 e. The van der Waals surface area contributed by atoms with E-state index < -0.39 is 0 Å². The van der Waals surface area contributed by atoms with E-state index in [-0.39, 0.29) is 18.7 Å². The first-order chi connectivity index (χ1) is 13.2. The van der Waals surface area contributed by atoms with Crippen LogP contribution in [0, 0.1) is 22.7 Å². The number of hydrogen-bond donors (Lipinski definition) is 1. The predicted octanol–water partition coefficient (Wildman–Crippen LogP) is 5.75. The number of allylic oxidation sites excluding steroid dienone is 2. The average molecular weight is 387 g/mol. The summed E-state index contributed by atoms with van der Waals surface area (Å²) in [6, 6.07) is 0. The van der Waals surface area contributed by atoms with Crippen LogP contribution in [0.1, 0.15) is 79.1 Å². The molecule has 156 valence electrons. The number of rotatable bonds is 6. The van der Waals surface area contributed by atoms with E-state index in [0.29, 0.717) is 22.8 Å². The van der Waals surface area contributed by atoms with Crippen molar-refractivity contribution in [1.82, 2.24) is 0 Å². The molecule has 3 aliphatic rings. The molecule has 3 heteroatoms. The molecule has 1 N–H and O–H groups in total. The van der Waals surface area contributed by atoms with Crippen molar-refractivity contribution < 1.29 is 14.6 Å². The number of carbonyl (C=O) groups excluding carboxylic acids is 1. The van der Waals surface area contributed by atoms with Gasteiger partial charge in [-0.25, -0.2) is 4.79 Å². The van der Waals surface area contributed by atoms with E-state index in [1.165, 1.54) is 55.7 Å². The van der Waals surface area contributed by atoms with Gasteiger partial charge in [0.15, 0.2) is 0 Å². The number of carbonyl (C=O) groups is 1. The molecule has 0 amide bonds. The Morgan fingerprint density at radius 1 is 1.39 bits per heavy atom. The summed E-state index contributed by atoms with van der Waals surface area (Å²) in [7, 11) is 0. The lowest BCUT2D eigenvalue weighted by molar-refractivity contribution is -0.138. The summed E-state index contributed by atoms with van der Waals surface area (Å²) in [4.78, 5) is 11.4. The monoisotopic (exact) mass is 386 g/mol. The maximum absolute atomic E-state index is 11.4. The van der Waals surface area contributed by atoms with Gasteiger partial charge in [0, 0.05) is 18.1 Å². The van der Waals surface area contributed by atoms with Gasteiger partial charge in [0.2, 0.25) is 0 Å². The second-order valence-electron chi connectivity index (χ2n) is 10.0. The van der Waals surface area contributed by atoms with Crippen molar-refractivity contribution in [2.24, 2.45) is 22.7 Å². The Labute approximate surface area is 170 Å². The normalized spacial score (nSPS) is 38.8. The van der Waals surface area contributed by atoms with Crippen molar-refractivity contribution in [3.05, 3.63) is 35.5 Å². The molecule has 3 nitrogen and oxygen atoms in total. The number of hydrogen-bond acceptors (Lipinski definition) is 3. The van der Waals surface area contributed by atoms with Crippen LogP contribution in [0.4, 0.5) is 0 Å². The molecule has 0 bridgehead atoms. The van der Waals surface area contributed by atoms with Gasteiger partial charge in [-0.05, 0) is 74.5 Å². The lowest BCUT2D eigenvalue weighted by Crippen LogP contribution is -2.50. The van der Waals surface area contributed by atoms with Gasteiger partial charge in [-0.3, -0.25) is 0 Å². The molecule has 2 saturated carbocycles. The average Bonchev–Trinajstić information content (AvgIpc) is 3.03. The summed E-state index contributed by atoms with van der Waals surface area (Å²) in [5.74, 6) is 1.14. The van der Waals surface area contributed by atoms with Gasteiger partial charge in [-0.15, -0.1) is 0 Å². The highest BCUT2D eigenvalue weighted by atomic mass is 16.5. The summed E-state index contributed by atoms with van der Waals surface area (Å²) in [6.07, 6.45) is 12.7. The first-order valence-electron chi connectivity index (χ1n) is 11.1. The molecule has 28 heavy (non-hydrogen) atoms. The lowest BCUT2D eigenvalue weighted by Gasteiger charge is -2.59. The molecule has 0 spiro atoms. The molecule has 1 aliphatic heterocycles. The Balaban J connectivity index is 1.65. The first-order valence-corrected chi connectivity index (χ1v) is 11.1. The van der Waals surface area contributed by atoms with Crippen LogP contribution in [0.3, 0.4) is 0 Å². The fourth-order valence-corrected chi connectivity index (χ4v) is 6.11. The van der Waals surface area contributed by atoms with E-state index in [4.69, 9.17) is 4.74 Å². The molecule has 3 rings (SSSR count). The molecule has 0 radical (unpaired) electrons. The van der Waals surface area contributed by atoms with Gasteiger partial charge in [-0.1, -0.05) is 44.6 Å². The van der Waals surface area contributed by atoms with Crippen molar-refractivity contribution in [3.63, 3.8) is 0 Å². The minimum Gasteiger partial charge on any atom is -0.454 e. The third-order valence-electron chi connectivity index (χ3n) is 8.46. The molecule has 2 aliphatic carbocycles. The Kier molecular flexibility index (Phi) is 6.24.